The van der Waals surface area contributed by atoms with Gasteiger partial charge in [-0.2, -0.15) is 13.2 Å². The minimum absolute atomic E-state index is 0.0951. The number of halogens is 3. The number of carbonyl (C=O) groups excluding carboxylic acids is 1. The molecule has 1 amide bonds. The molecular weight excluding hydrogens is 361 g/mol. The Kier molecular flexibility index (Phi) is 6.83. The number of fused-ring (bicyclic) bond motifs is 1. The Morgan fingerprint density at radius 3 is 2.70 bits per heavy atom. The molecule has 1 heterocycles. The van der Waals surface area contributed by atoms with Gasteiger partial charge in [-0.15, -0.1) is 0 Å². The maximum Gasteiger partial charge on any atom is 0.416 e. The van der Waals surface area contributed by atoms with Gasteiger partial charge in [0, 0.05) is 26.1 Å². The van der Waals surface area contributed by atoms with Crippen LogP contribution >= 0.6 is 0 Å². The monoisotopic (exact) mass is 386 g/mol. The number of benzene rings is 1. The number of hydrogen-bond acceptors (Lipinski definition) is 4. The average molecular weight is 386 g/mol. The molecule has 9 heteroatoms. The summed E-state index contributed by atoms with van der Waals surface area (Å²) in [6, 6.07) is 5.60. The van der Waals surface area contributed by atoms with Crippen molar-refractivity contribution in [1.82, 2.24) is 20.2 Å². The number of carbonyl (C=O) groups is 1. The van der Waals surface area contributed by atoms with Crippen LogP contribution in [0.15, 0.2) is 18.2 Å². The highest BCUT2D eigenvalue weighted by Gasteiger charge is 2.48. The third kappa shape index (κ3) is 5.67. The second kappa shape index (κ2) is 8.71. The fraction of sp³-hybridized carbons (Fsp3) is 0.556. The van der Waals surface area contributed by atoms with Crippen LogP contribution in [0.5, 0.6) is 0 Å². The van der Waals surface area contributed by atoms with Gasteiger partial charge in [0.1, 0.15) is 5.82 Å². The molecule has 2 N–H and O–H groups in total. The topological polar surface area (TPSA) is 70.2 Å². The Morgan fingerprint density at radius 1 is 1.33 bits per heavy atom. The lowest BCUT2D eigenvalue weighted by molar-refractivity contribution is -0.263. The molecule has 0 saturated heterocycles. The Bertz CT molecular complexity index is 759. The molecule has 0 aliphatic rings. The van der Waals surface area contributed by atoms with Crippen molar-refractivity contribution in [2.45, 2.75) is 38.6 Å². The van der Waals surface area contributed by atoms with Crippen LogP contribution in [-0.4, -0.2) is 59.8 Å². The molecule has 0 bridgehead atoms. The van der Waals surface area contributed by atoms with Crippen molar-refractivity contribution in [3.05, 3.63) is 29.6 Å². The summed E-state index contributed by atoms with van der Waals surface area (Å²) in [6.45, 7) is 3.68. The van der Waals surface area contributed by atoms with E-state index in [0.29, 0.717) is 25.5 Å². The number of hydrogen-bond donors (Lipinski definition) is 2. The second-order valence-electron chi connectivity index (χ2n) is 6.82. The van der Waals surface area contributed by atoms with Crippen molar-refractivity contribution in [3.8, 4) is 0 Å². The molecule has 1 aromatic carbocycles. The summed E-state index contributed by atoms with van der Waals surface area (Å²) < 4.78 is 43.4. The van der Waals surface area contributed by atoms with Gasteiger partial charge in [0.25, 0.3) is 0 Å². The van der Waals surface area contributed by atoms with Gasteiger partial charge < -0.3 is 19.9 Å². The highest BCUT2D eigenvalue weighted by atomic mass is 19.4. The standard InChI is InChI=1S/C18H25F3N4O2/c1-17(2,18(19,20)21)27-9-6-16-23-14-5-4-13(10-15(14)24-16)11-25(12-26)8-7-22-3/h4-5,10,12,22H,6-9,11H2,1-3H3,(H,23,24). The number of likely N-dealkylation sites (N-methyl/N-ethyl adjacent to an activating group) is 1. The van der Waals surface area contributed by atoms with E-state index in [1.165, 1.54) is 0 Å². The molecule has 0 saturated carbocycles. The molecule has 0 radical (unpaired) electrons. The summed E-state index contributed by atoms with van der Waals surface area (Å²) in [5.41, 5.74) is 0.238. The normalized spacial score (nSPS) is 12.5. The van der Waals surface area contributed by atoms with Gasteiger partial charge in [-0.05, 0) is 38.6 Å². The van der Waals surface area contributed by atoms with Crippen LogP contribution in [-0.2, 0) is 22.5 Å². The Morgan fingerprint density at radius 2 is 2.07 bits per heavy atom. The lowest BCUT2D eigenvalue weighted by Gasteiger charge is -2.27. The summed E-state index contributed by atoms with van der Waals surface area (Å²) in [4.78, 5) is 20.3. The van der Waals surface area contributed by atoms with Crippen LogP contribution in [0.2, 0.25) is 0 Å². The lowest BCUT2D eigenvalue weighted by Crippen LogP contribution is -2.42. The van der Waals surface area contributed by atoms with Gasteiger partial charge in [-0.1, -0.05) is 6.07 Å². The van der Waals surface area contributed by atoms with Crippen molar-refractivity contribution in [3.63, 3.8) is 0 Å². The van der Waals surface area contributed by atoms with E-state index in [1.54, 1.807) is 4.90 Å². The van der Waals surface area contributed by atoms with Gasteiger partial charge >= 0.3 is 6.18 Å². The van der Waals surface area contributed by atoms with Crippen LogP contribution < -0.4 is 5.32 Å². The van der Waals surface area contributed by atoms with E-state index in [0.717, 1.165) is 36.9 Å². The highest BCUT2D eigenvalue weighted by Crippen LogP contribution is 2.32. The molecule has 1 aromatic heterocycles. The number of nitrogens with one attached hydrogen (secondary N) is 2. The van der Waals surface area contributed by atoms with E-state index in [9.17, 15) is 18.0 Å². The van der Waals surface area contributed by atoms with Gasteiger partial charge in [0.2, 0.25) is 6.41 Å². The number of ether oxygens (including phenoxy) is 1. The molecule has 27 heavy (non-hydrogen) atoms. The zero-order valence-corrected chi connectivity index (χ0v) is 15.7. The molecule has 2 rings (SSSR count). The Hall–Kier alpha value is -2.13. The predicted molar refractivity (Wildman–Crippen MR) is 96.3 cm³/mol. The lowest BCUT2D eigenvalue weighted by atomic mass is 10.1. The number of alkyl halides is 3. The number of amides is 1. The Labute approximate surface area is 156 Å². The van der Waals surface area contributed by atoms with Crippen LogP contribution in [0.4, 0.5) is 13.2 Å². The summed E-state index contributed by atoms with van der Waals surface area (Å²) in [5, 5.41) is 2.99. The van der Waals surface area contributed by atoms with Gasteiger partial charge in [0.15, 0.2) is 5.60 Å². The smallest absolute Gasteiger partial charge is 0.366 e. The van der Waals surface area contributed by atoms with E-state index in [1.807, 2.05) is 25.2 Å². The van der Waals surface area contributed by atoms with Crippen LogP contribution in [0, 0.1) is 0 Å². The van der Waals surface area contributed by atoms with E-state index < -0.39 is 11.8 Å². The third-order valence-electron chi connectivity index (χ3n) is 4.26. The highest BCUT2D eigenvalue weighted by molar-refractivity contribution is 5.76. The third-order valence-corrected chi connectivity index (χ3v) is 4.26. The summed E-state index contributed by atoms with van der Waals surface area (Å²) in [5.74, 6) is 0.558. The zero-order valence-electron chi connectivity index (χ0n) is 15.7. The maximum absolute atomic E-state index is 12.8. The number of nitrogens with zero attached hydrogens (tertiary/aromatic N) is 2. The number of H-pyrrole nitrogens is 1. The molecule has 150 valence electrons. The molecule has 0 atom stereocenters. The van der Waals surface area contributed by atoms with E-state index in [2.05, 4.69) is 15.3 Å². The summed E-state index contributed by atoms with van der Waals surface area (Å²) >= 11 is 0. The molecule has 6 nitrogen and oxygen atoms in total. The maximum atomic E-state index is 12.8. The van der Waals surface area contributed by atoms with Crippen molar-refractivity contribution in [1.29, 1.82) is 0 Å². The summed E-state index contributed by atoms with van der Waals surface area (Å²) in [7, 11) is 1.82. The van der Waals surface area contributed by atoms with Gasteiger partial charge in [-0.3, -0.25) is 4.79 Å². The molecular formula is C18H25F3N4O2. The molecule has 2 aromatic rings. The second-order valence-corrected chi connectivity index (χ2v) is 6.82. The molecule has 0 aliphatic carbocycles. The minimum atomic E-state index is -4.42. The first kappa shape index (κ1) is 21.2. The fourth-order valence-electron chi connectivity index (χ4n) is 2.47. The quantitative estimate of drug-likeness (QED) is 0.616. The van der Waals surface area contributed by atoms with Crippen molar-refractivity contribution in [2.24, 2.45) is 0 Å². The van der Waals surface area contributed by atoms with Crippen LogP contribution in [0.3, 0.4) is 0 Å². The minimum Gasteiger partial charge on any atom is -0.366 e. The first-order chi connectivity index (χ1) is 12.7. The number of imidazole rings is 1. The van der Waals surface area contributed by atoms with E-state index in [4.69, 9.17) is 4.74 Å². The molecule has 0 spiro atoms. The number of rotatable bonds is 10. The van der Waals surface area contributed by atoms with Crippen molar-refractivity contribution >= 4 is 17.4 Å². The van der Waals surface area contributed by atoms with Crippen LogP contribution in [0.1, 0.15) is 25.2 Å². The fourth-order valence-corrected chi connectivity index (χ4v) is 2.47. The number of aromatic nitrogens is 2. The first-order valence-corrected chi connectivity index (χ1v) is 8.68. The largest absolute Gasteiger partial charge is 0.416 e. The molecule has 0 fully saturated rings. The van der Waals surface area contributed by atoms with Crippen molar-refractivity contribution < 1.29 is 22.7 Å². The number of aromatic amines is 1. The van der Waals surface area contributed by atoms with Gasteiger partial charge in [-0.25, -0.2) is 4.98 Å². The van der Waals surface area contributed by atoms with E-state index >= 15 is 0 Å². The first-order valence-electron chi connectivity index (χ1n) is 8.68. The molecule has 0 unspecified atom stereocenters. The van der Waals surface area contributed by atoms with Crippen molar-refractivity contribution in [2.75, 3.05) is 26.7 Å². The predicted octanol–water partition coefficient (Wildman–Crippen LogP) is 2.64. The van der Waals surface area contributed by atoms with Crippen LogP contribution in [0.25, 0.3) is 11.0 Å². The Balaban J connectivity index is 2.00. The van der Waals surface area contributed by atoms with Gasteiger partial charge in [0.05, 0.1) is 17.6 Å². The molecule has 0 aliphatic heterocycles. The van der Waals surface area contributed by atoms with E-state index in [-0.39, 0.29) is 13.0 Å². The zero-order chi connectivity index (χ0) is 20.1. The SMILES string of the molecule is CNCCN(C=O)Cc1ccc2nc(CCOC(C)(C)C(F)(F)F)[nH]c2c1. The summed E-state index contributed by atoms with van der Waals surface area (Å²) in [6.07, 6.45) is -3.38. The average Bonchev–Trinajstić information content (AvgIpc) is 2.99.